The highest BCUT2D eigenvalue weighted by molar-refractivity contribution is 5.99. The summed E-state index contributed by atoms with van der Waals surface area (Å²) in [7, 11) is 0. The molecule has 5 aromatic rings. The van der Waals surface area contributed by atoms with E-state index < -0.39 is 0 Å². The molecule has 0 bridgehead atoms. The molecule has 0 spiro atoms. The van der Waals surface area contributed by atoms with Crippen molar-refractivity contribution in [1.29, 1.82) is 0 Å². The lowest BCUT2D eigenvalue weighted by Crippen LogP contribution is -2.37. The van der Waals surface area contributed by atoms with Crippen molar-refractivity contribution in [2.45, 2.75) is 19.9 Å². The monoisotopic (exact) mass is 434 g/mol. The smallest absolute Gasteiger partial charge is 0.238 e. The lowest BCUT2D eigenvalue weighted by molar-refractivity contribution is -0.118. The van der Waals surface area contributed by atoms with Gasteiger partial charge in [-0.2, -0.15) is 0 Å². The molecule has 0 saturated carbocycles. The van der Waals surface area contributed by atoms with Crippen molar-refractivity contribution in [3.63, 3.8) is 0 Å². The molecule has 33 heavy (non-hydrogen) atoms. The summed E-state index contributed by atoms with van der Waals surface area (Å²) < 4.78 is 1.97. The van der Waals surface area contributed by atoms with Gasteiger partial charge in [-0.25, -0.2) is 5.01 Å². The molecule has 2 N–H and O–H groups in total. The number of carbonyl (C=O) groups is 1. The average molecular weight is 435 g/mol. The van der Waals surface area contributed by atoms with Crippen molar-refractivity contribution < 1.29 is 4.79 Å². The Hall–Kier alpha value is -3.96. The van der Waals surface area contributed by atoms with Crippen LogP contribution in [0.5, 0.6) is 0 Å². The van der Waals surface area contributed by atoms with E-state index in [1.165, 1.54) is 16.3 Å². The normalized spacial score (nSPS) is 11.2. The molecule has 0 saturated heterocycles. The maximum absolute atomic E-state index is 12.7. The number of aromatic nitrogens is 2. The molecule has 5 rings (SSSR count). The van der Waals surface area contributed by atoms with Gasteiger partial charge in [0.25, 0.3) is 0 Å². The van der Waals surface area contributed by atoms with Crippen LogP contribution in [0.2, 0.25) is 0 Å². The molecule has 0 atom stereocenters. The minimum Gasteiger partial charge on any atom is -0.330 e. The Balaban J connectivity index is 1.65. The van der Waals surface area contributed by atoms with Crippen LogP contribution in [0, 0.1) is 0 Å². The molecular formula is C28H26N4O. The highest BCUT2D eigenvalue weighted by atomic mass is 16.2. The molecule has 0 aliphatic rings. The van der Waals surface area contributed by atoms with Gasteiger partial charge in [-0.1, -0.05) is 48.5 Å². The topological polar surface area (TPSA) is 64.2 Å². The molecule has 0 aliphatic carbocycles. The summed E-state index contributed by atoms with van der Waals surface area (Å²) in [4.78, 5) is 16.7. The molecule has 1 amide bonds. The van der Waals surface area contributed by atoms with Crippen LogP contribution < -0.4 is 10.7 Å². The van der Waals surface area contributed by atoms with Gasteiger partial charge in [0.1, 0.15) is 0 Å². The SMILES string of the molecule is CC(=O)N(Cc1ccncc1)n1cc(CCN)c2cc(-c3cccc4ccccc34)ccc21. The first kappa shape index (κ1) is 20.9. The summed E-state index contributed by atoms with van der Waals surface area (Å²) in [6.07, 6.45) is 6.28. The van der Waals surface area contributed by atoms with Crippen molar-refractivity contribution in [2.75, 3.05) is 11.6 Å². The van der Waals surface area contributed by atoms with Crippen LogP contribution in [0.15, 0.2) is 91.4 Å². The highest BCUT2D eigenvalue weighted by Gasteiger charge is 2.18. The zero-order chi connectivity index (χ0) is 22.8. The summed E-state index contributed by atoms with van der Waals surface area (Å²) >= 11 is 0. The quantitative estimate of drug-likeness (QED) is 0.407. The molecule has 2 heterocycles. The molecule has 3 aromatic carbocycles. The minimum absolute atomic E-state index is 0.0267. The van der Waals surface area contributed by atoms with E-state index in [0.29, 0.717) is 13.1 Å². The van der Waals surface area contributed by atoms with Crippen LogP contribution in [0.1, 0.15) is 18.1 Å². The number of hydrogen-bond donors (Lipinski definition) is 1. The van der Waals surface area contributed by atoms with Crippen LogP contribution >= 0.6 is 0 Å². The summed E-state index contributed by atoms with van der Waals surface area (Å²) in [5.74, 6) is -0.0267. The maximum atomic E-state index is 12.7. The second kappa shape index (κ2) is 8.88. The number of nitrogens with zero attached hydrogens (tertiary/aromatic N) is 3. The third-order valence-electron chi connectivity index (χ3n) is 6.09. The third-order valence-corrected chi connectivity index (χ3v) is 6.09. The Morgan fingerprint density at radius 3 is 2.55 bits per heavy atom. The highest BCUT2D eigenvalue weighted by Crippen LogP contribution is 2.33. The van der Waals surface area contributed by atoms with Crippen LogP contribution in [-0.4, -0.2) is 22.1 Å². The number of carbonyl (C=O) groups excluding carboxylic acids is 1. The average Bonchev–Trinajstić information content (AvgIpc) is 3.20. The van der Waals surface area contributed by atoms with E-state index in [-0.39, 0.29) is 5.91 Å². The first-order valence-corrected chi connectivity index (χ1v) is 11.1. The standard InChI is InChI=1S/C28H26N4O/c1-20(33)31(18-21-12-15-30-16-13-21)32-19-24(11-14-29)27-17-23(9-10-28(27)32)26-8-4-6-22-5-2-3-7-25(22)26/h2-10,12-13,15-17,19H,11,14,18,29H2,1H3. The van der Waals surface area contributed by atoms with Gasteiger partial charge in [0.05, 0.1) is 12.1 Å². The number of amides is 1. The molecular weight excluding hydrogens is 408 g/mol. The Bertz CT molecular complexity index is 1430. The zero-order valence-corrected chi connectivity index (χ0v) is 18.6. The first-order valence-electron chi connectivity index (χ1n) is 11.1. The number of pyridine rings is 1. The number of rotatable bonds is 6. The van der Waals surface area contributed by atoms with E-state index in [4.69, 9.17) is 5.73 Å². The van der Waals surface area contributed by atoms with Crippen molar-refractivity contribution >= 4 is 27.6 Å². The fourth-order valence-electron chi connectivity index (χ4n) is 4.48. The molecule has 5 nitrogen and oxygen atoms in total. The summed E-state index contributed by atoms with van der Waals surface area (Å²) in [5, 5.41) is 5.32. The van der Waals surface area contributed by atoms with Crippen LogP contribution in [0.3, 0.4) is 0 Å². The van der Waals surface area contributed by atoms with Gasteiger partial charge in [0.15, 0.2) is 0 Å². The Labute approximate surface area is 193 Å². The Kier molecular flexibility index (Phi) is 5.63. The van der Waals surface area contributed by atoms with Gasteiger partial charge in [-0.05, 0) is 70.3 Å². The van der Waals surface area contributed by atoms with Crippen LogP contribution in [-0.2, 0) is 17.8 Å². The molecule has 0 unspecified atom stereocenters. The second-order valence-corrected chi connectivity index (χ2v) is 8.23. The Morgan fingerprint density at radius 1 is 0.970 bits per heavy atom. The summed E-state index contributed by atoms with van der Waals surface area (Å²) in [6, 6.07) is 25.2. The fraction of sp³-hybridized carbons (Fsp3) is 0.143. The van der Waals surface area contributed by atoms with Crippen LogP contribution in [0.4, 0.5) is 0 Å². The molecule has 0 fully saturated rings. The van der Waals surface area contributed by atoms with Gasteiger partial charge in [0.2, 0.25) is 5.91 Å². The number of nitrogens with two attached hydrogens (primary N) is 1. The minimum atomic E-state index is -0.0267. The van der Waals surface area contributed by atoms with Crippen LogP contribution in [0.25, 0.3) is 32.8 Å². The van der Waals surface area contributed by atoms with E-state index in [9.17, 15) is 4.79 Å². The number of benzene rings is 3. The predicted octanol–water partition coefficient (Wildman–Crippen LogP) is 5.04. The fourth-order valence-corrected chi connectivity index (χ4v) is 4.48. The first-order chi connectivity index (χ1) is 16.2. The van der Waals surface area contributed by atoms with E-state index in [2.05, 4.69) is 65.6 Å². The molecule has 5 heteroatoms. The van der Waals surface area contributed by atoms with Gasteiger partial charge in [-0.3, -0.25) is 14.5 Å². The van der Waals surface area contributed by atoms with Crippen molar-refractivity contribution in [1.82, 2.24) is 9.66 Å². The van der Waals surface area contributed by atoms with Gasteiger partial charge >= 0.3 is 0 Å². The lowest BCUT2D eigenvalue weighted by atomic mass is 9.96. The molecule has 0 radical (unpaired) electrons. The number of hydrogen-bond acceptors (Lipinski definition) is 3. The maximum Gasteiger partial charge on any atom is 0.238 e. The van der Waals surface area contributed by atoms with E-state index >= 15 is 0 Å². The largest absolute Gasteiger partial charge is 0.330 e. The van der Waals surface area contributed by atoms with E-state index in [1.54, 1.807) is 24.3 Å². The summed E-state index contributed by atoms with van der Waals surface area (Å²) in [6.45, 7) is 2.61. The van der Waals surface area contributed by atoms with E-state index in [1.807, 2.05) is 23.0 Å². The summed E-state index contributed by atoms with van der Waals surface area (Å²) in [5.41, 5.74) is 11.4. The van der Waals surface area contributed by atoms with Gasteiger partial charge in [-0.15, -0.1) is 0 Å². The molecule has 2 aromatic heterocycles. The number of fused-ring (bicyclic) bond motifs is 2. The zero-order valence-electron chi connectivity index (χ0n) is 18.6. The molecule has 0 aliphatic heterocycles. The van der Waals surface area contributed by atoms with Crippen molar-refractivity contribution in [3.8, 4) is 11.1 Å². The van der Waals surface area contributed by atoms with Gasteiger partial charge in [0, 0.05) is 30.9 Å². The second-order valence-electron chi connectivity index (χ2n) is 8.23. The Morgan fingerprint density at radius 2 is 1.76 bits per heavy atom. The predicted molar refractivity (Wildman–Crippen MR) is 134 cm³/mol. The lowest BCUT2D eigenvalue weighted by Gasteiger charge is -2.23. The van der Waals surface area contributed by atoms with E-state index in [0.717, 1.165) is 34.0 Å². The van der Waals surface area contributed by atoms with Crippen molar-refractivity contribution in [2.24, 2.45) is 5.73 Å². The molecule has 164 valence electrons. The van der Waals surface area contributed by atoms with Crippen molar-refractivity contribution in [3.05, 3.63) is 103 Å². The third kappa shape index (κ3) is 3.99. The van der Waals surface area contributed by atoms with Gasteiger partial charge < -0.3 is 5.73 Å².